The summed E-state index contributed by atoms with van der Waals surface area (Å²) in [6.07, 6.45) is 0. The average Bonchev–Trinajstić information content (AvgIpc) is 2.97. The van der Waals surface area contributed by atoms with Crippen LogP contribution in [0, 0.1) is 6.92 Å². The minimum Gasteiger partial charge on any atom is -0.454 e. The molecule has 1 aliphatic rings. The van der Waals surface area contributed by atoms with E-state index in [1.54, 1.807) is 6.92 Å². The number of benzene rings is 1. The lowest BCUT2D eigenvalue weighted by molar-refractivity contribution is 0.174. The fourth-order valence-corrected chi connectivity index (χ4v) is 4.59. The predicted octanol–water partition coefficient (Wildman–Crippen LogP) is 2.82. The summed E-state index contributed by atoms with van der Waals surface area (Å²) in [6, 6.07) is 4.53. The molecular formula is C12H11ClN2O4S2. The molecule has 0 saturated heterocycles. The summed E-state index contributed by atoms with van der Waals surface area (Å²) < 4.78 is 38.0. The molecule has 0 aliphatic carbocycles. The van der Waals surface area contributed by atoms with Gasteiger partial charge in [-0.25, -0.2) is 8.42 Å². The maximum atomic E-state index is 12.3. The fourth-order valence-electron chi connectivity index (χ4n) is 1.81. The zero-order valence-corrected chi connectivity index (χ0v) is 13.2. The van der Waals surface area contributed by atoms with Gasteiger partial charge in [-0.2, -0.15) is 0 Å². The number of hydrogen-bond donors (Lipinski definition) is 2. The third-order valence-corrected chi connectivity index (χ3v) is 6.28. The Bertz CT molecular complexity index is 797. The summed E-state index contributed by atoms with van der Waals surface area (Å²) in [5.74, 6) is 0.938. The highest BCUT2D eigenvalue weighted by Crippen LogP contribution is 2.39. The summed E-state index contributed by atoms with van der Waals surface area (Å²) in [4.78, 5) is 0. The van der Waals surface area contributed by atoms with Gasteiger partial charge in [0.05, 0.1) is 15.7 Å². The van der Waals surface area contributed by atoms with Crippen molar-refractivity contribution in [2.75, 3.05) is 17.2 Å². The van der Waals surface area contributed by atoms with Crippen LogP contribution in [0.5, 0.6) is 11.5 Å². The smallest absolute Gasteiger partial charge is 0.271 e. The number of rotatable bonds is 3. The molecule has 1 aliphatic heterocycles. The summed E-state index contributed by atoms with van der Waals surface area (Å²) in [6.45, 7) is 1.83. The monoisotopic (exact) mass is 346 g/mol. The molecule has 0 bridgehead atoms. The van der Waals surface area contributed by atoms with Crippen LogP contribution >= 0.6 is 22.9 Å². The molecule has 3 N–H and O–H groups in total. The molecule has 0 radical (unpaired) electrons. The van der Waals surface area contributed by atoms with Crippen molar-refractivity contribution in [3.05, 3.63) is 28.1 Å². The predicted molar refractivity (Wildman–Crippen MR) is 81.9 cm³/mol. The number of ether oxygens (including phenoxy) is 2. The number of halogens is 1. The summed E-state index contributed by atoms with van der Waals surface area (Å²) in [5, 5.41) is 0. The van der Waals surface area contributed by atoms with E-state index in [4.69, 9.17) is 26.8 Å². The van der Waals surface area contributed by atoms with Gasteiger partial charge in [0.2, 0.25) is 6.79 Å². The van der Waals surface area contributed by atoms with Crippen LogP contribution in [-0.2, 0) is 10.0 Å². The first-order chi connectivity index (χ1) is 9.87. The van der Waals surface area contributed by atoms with Gasteiger partial charge in [0.15, 0.2) is 11.5 Å². The zero-order chi connectivity index (χ0) is 15.2. The highest BCUT2D eigenvalue weighted by atomic mass is 35.5. The normalized spacial score (nSPS) is 13.4. The second kappa shape index (κ2) is 4.97. The van der Waals surface area contributed by atoms with Crippen LogP contribution < -0.4 is 19.9 Å². The highest BCUT2D eigenvalue weighted by molar-refractivity contribution is 7.94. The number of nitrogens with one attached hydrogen (secondary N) is 1. The molecule has 9 heteroatoms. The van der Waals surface area contributed by atoms with Crippen molar-refractivity contribution in [1.82, 2.24) is 0 Å². The third-order valence-electron chi connectivity index (χ3n) is 2.89. The molecule has 0 saturated carbocycles. The van der Waals surface area contributed by atoms with Crippen molar-refractivity contribution < 1.29 is 17.9 Å². The molecule has 0 atom stereocenters. The Morgan fingerprint density at radius 3 is 2.57 bits per heavy atom. The number of fused-ring (bicyclic) bond motifs is 1. The number of nitrogen functional groups attached to an aromatic ring is 1. The van der Waals surface area contributed by atoms with Gasteiger partial charge in [0, 0.05) is 12.1 Å². The Kier molecular flexibility index (Phi) is 3.39. The van der Waals surface area contributed by atoms with E-state index in [9.17, 15) is 8.42 Å². The molecular weight excluding hydrogens is 336 g/mol. The molecule has 6 nitrogen and oxygen atoms in total. The van der Waals surface area contributed by atoms with Gasteiger partial charge in [-0.05, 0) is 18.6 Å². The van der Waals surface area contributed by atoms with Crippen molar-refractivity contribution in [2.45, 2.75) is 11.1 Å². The molecule has 0 spiro atoms. The number of thiophene rings is 1. The summed E-state index contributed by atoms with van der Waals surface area (Å²) in [5.41, 5.74) is 7.03. The Labute approximate surface area is 130 Å². The molecule has 0 fully saturated rings. The van der Waals surface area contributed by atoms with Crippen molar-refractivity contribution in [2.24, 2.45) is 0 Å². The van der Waals surface area contributed by atoms with Crippen molar-refractivity contribution in [3.8, 4) is 11.5 Å². The lowest BCUT2D eigenvalue weighted by Crippen LogP contribution is -2.12. The fraction of sp³-hybridized carbons (Fsp3) is 0.167. The Balaban J connectivity index is 1.96. The minimum absolute atomic E-state index is 0.0880. The van der Waals surface area contributed by atoms with Gasteiger partial charge in [-0.3, -0.25) is 4.72 Å². The van der Waals surface area contributed by atoms with Crippen LogP contribution in [0.1, 0.15) is 5.56 Å². The number of nitrogens with two attached hydrogens (primary N) is 1. The van der Waals surface area contributed by atoms with E-state index >= 15 is 0 Å². The lowest BCUT2D eigenvalue weighted by Gasteiger charge is -2.10. The summed E-state index contributed by atoms with van der Waals surface area (Å²) >= 11 is 6.90. The van der Waals surface area contributed by atoms with E-state index in [0.717, 1.165) is 11.3 Å². The third kappa shape index (κ3) is 2.61. The van der Waals surface area contributed by atoms with Crippen LogP contribution in [0.25, 0.3) is 0 Å². The van der Waals surface area contributed by atoms with Crippen LogP contribution in [0.15, 0.2) is 22.4 Å². The molecule has 2 aromatic rings. The van der Waals surface area contributed by atoms with E-state index < -0.39 is 10.0 Å². The Hall–Kier alpha value is -1.64. The first-order valence-corrected chi connectivity index (χ1v) is 8.52. The second-order valence-electron chi connectivity index (χ2n) is 4.42. The van der Waals surface area contributed by atoms with Gasteiger partial charge < -0.3 is 15.2 Å². The zero-order valence-electron chi connectivity index (χ0n) is 10.8. The largest absolute Gasteiger partial charge is 0.454 e. The van der Waals surface area contributed by atoms with Crippen molar-refractivity contribution in [3.63, 3.8) is 0 Å². The first-order valence-electron chi connectivity index (χ1n) is 5.85. The molecule has 2 heterocycles. The van der Waals surface area contributed by atoms with E-state index in [2.05, 4.69) is 4.72 Å². The van der Waals surface area contributed by atoms with Crippen LogP contribution in [0.3, 0.4) is 0 Å². The van der Waals surface area contributed by atoms with Gasteiger partial charge in [0.1, 0.15) is 4.21 Å². The van der Waals surface area contributed by atoms with E-state index in [1.807, 2.05) is 0 Å². The van der Waals surface area contributed by atoms with Gasteiger partial charge in [-0.1, -0.05) is 11.6 Å². The molecule has 1 aromatic carbocycles. The number of aryl methyl sites for hydroxylation is 1. The molecule has 0 unspecified atom stereocenters. The number of anilines is 2. The Morgan fingerprint density at radius 1 is 1.29 bits per heavy atom. The Morgan fingerprint density at radius 2 is 1.95 bits per heavy atom. The molecule has 1 aromatic heterocycles. The highest BCUT2D eigenvalue weighted by Gasteiger charge is 2.22. The van der Waals surface area contributed by atoms with Gasteiger partial charge in [0.25, 0.3) is 10.0 Å². The summed E-state index contributed by atoms with van der Waals surface area (Å²) in [7, 11) is -3.75. The maximum absolute atomic E-state index is 12.3. The molecule has 0 amide bonds. The second-order valence-corrected chi connectivity index (χ2v) is 7.98. The molecule has 112 valence electrons. The van der Waals surface area contributed by atoms with E-state index in [-0.39, 0.29) is 22.4 Å². The van der Waals surface area contributed by atoms with E-state index in [0.29, 0.717) is 21.4 Å². The first kappa shape index (κ1) is 14.3. The van der Waals surface area contributed by atoms with Gasteiger partial charge >= 0.3 is 0 Å². The average molecular weight is 347 g/mol. The number of sulfonamides is 1. The topological polar surface area (TPSA) is 90.7 Å². The van der Waals surface area contributed by atoms with Crippen molar-refractivity contribution in [1.29, 1.82) is 0 Å². The molecule has 21 heavy (non-hydrogen) atoms. The maximum Gasteiger partial charge on any atom is 0.271 e. The quantitative estimate of drug-likeness (QED) is 0.834. The van der Waals surface area contributed by atoms with Gasteiger partial charge in [-0.15, -0.1) is 11.3 Å². The molecule has 3 rings (SSSR count). The van der Waals surface area contributed by atoms with Crippen molar-refractivity contribution >= 4 is 44.3 Å². The standard InChI is InChI=1S/C12H11ClN2O4S2/c1-6-2-11(20-12(6)13)21(16,17)15-8-4-10-9(3-7(8)14)18-5-19-10/h2-4,15H,5,14H2,1H3. The SMILES string of the molecule is Cc1cc(S(=O)(=O)Nc2cc3c(cc2N)OCO3)sc1Cl. The minimum atomic E-state index is -3.75. The number of hydrogen-bond acceptors (Lipinski definition) is 6. The van der Waals surface area contributed by atoms with Crippen LogP contribution in [-0.4, -0.2) is 15.2 Å². The van der Waals surface area contributed by atoms with E-state index in [1.165, 1.54) is 18.2 Å². The van der Waals surface area contributed by atoms with Crippen LogP contribution in [0.2, 0.25) is 4.34 Å². The van der Waals surface area contributed by atoms with Crippen LogP contribution in [0.4, 0.5) is 11.4 Å². The lowest BCUT2D eigenvalue weighted by atomic mass is 10.2.